The van der Waals surface area contributed by atoms with Gasteiger partial charge in [-0.1, -0.05) is 11.2 Å². The molecule has 0 aliphatic heterocycles. The number of aromatic nitrogens is 4. The molecule has 2 aromatic heterocycles. The highest BCUT2D eigenvalue weighted by atomic mass is 35.5. The second-order valence-electron chi connectivity index (χ2n) is 4.53. The highest BCUT2D eigenvalue weighted by Crippen LogP contribution is 2.26. The number of hydrogen-bond acceptors (Lipinski definition) is 5. The van der Waals surface area contributed by atoms with Gasteiger partial charge in [0.1, 0.15) is 17.1 Å². The van der Waals surface area contributed by atoms with Crippen molar-refractivity contribution in [3.05, 3.63) is 36.2 Å². The van der Waals surface area contributed by atoms with Crippen molar-refractivity contribution in [3.63, 3.8) is 0 Å². The fraction of sp³-hybridized carbons (Fsp3) is 0.357. The molecule has 6 nitrogen and oxygen atoms in total. The molecule has 0 aliphatic rings. The number of imidazole rings is 1. The molecule has 2 heterocycles. The summed E-state index contributed by atoms with van der Waals surface area (Å²) < 4.78 is 12.5. The Labute approximate surface area is 126 Å². The first kappa shape index (κ1) is 13.9. The van der Waals surface area contributed by atoms with Gasteiger partial charge in [-0.2, -0.15) is 4.98 Å². The van der Waals surface area contributed by atoms with Gasteiger partial charge in [0.05, 0.1) is 12.6 Å². The van der Waals surface area contributed by atoms with Gasteiger partial charge in [-0.15, -0.1) is 11.6 Å². The highest BCUT2D eigenvalue weighted by molar-refractivity contribution is 6.17. The lowest BCUT2D eigenvalue weighted by Crippen LogP contribution is -2.07. The number of nitrogens with zero attached hydrogens (tertiary/aromatic N) is 4. The van der Waals surface area contributed by atoms with Gasteiger partial charge in [-0.25, -0.2) is 4.98 Å². The molecule has 0 atom stereocenters. The topological polar surface area (TPSA) is 66.0 Å². The van der Waals surface area contributed by atoms with Crippen LogP contribution in [-0.2, 0) is 19.4 Å². The summed E-state index contributed by atoms with van der Waals surface area (Å²) in [4.78, 5) is 8.70. The van der Waals surface area contributed by atoms with Gasteiger partial charge < -0.3 is 13.8 Å². The maximum atomic E-state index is 5.88. The molecular formula is C14H15ClN4O2. The van der Waals surface area contributed by atoms with Crippen molar-refractivity contribution in [2.75, 3.05) is 13.0 Å². The third-order valence-corrected chi connectivity index (χ3v) is 3.50. The number of rotatable bonds is 6. The van der Waals surface area contributed by atoms with Crippen molar-refractivity contribution < 1.29 is 9.26 Å². The minimum Gasteiger partial charge on any atom is -0.494 e. The first-order valence-corrected chi connectivity index (χ1v) is 7.20. The summed E-state index contributed by atoms with van der Waals surface area (Å²) in [5.41, 5.74) is 1.87. The minimum atomic E-state index is 0.520. The van der Waals surface area contributed by atoms with Crippen molar-refractivity contribution in [1.82, 2.24) is 19.7 Å². The monoisotopic (exact) mass is 306 g/mol. The average molecular weight is 307 g/mol. The summed E-state index contributed by atoms with van der Waals surface area (Å²) in [5, 5.41) is 3.62. The quantitative estimate of drug-likeness (QED) is 0.654. The van der Waals surface area contributed by atoms with Crippen LogP contribution >= 0.6 is 11.6 Å². The molecule has 0 fully saturated rings. The Balaban J connectivity index is 1.99. The van der Waals surface area contributed by atoms with Crippen LogP contribution in [0.1, 0.15) is 11.7 Å². The Morgan fingerprint density at radius 1 is 1.33 bits per heavy atom. The van der Waals surface area contributed by atoms with Crippen molar-refractivity contribution in [2.45, 2.75) is 19.4 Å². The fourth-order valence-electron chi connectivity index (χ4n) is 2.37. The number of para-hydroxylation sites is 1. The molecule has 3 rings (SSSR count). The molecule has 110 valence electrons. The molecular weight excluding hydrogens is 292 g/mol. The number of halogens is 1. The van der Waals surface area contributed by atoms with Crippen LogP contribution in [0.2, 0.25) is 0 Å². The van der Waals surface area contributed by atoms with E-state index < -0.39 is 0 Å². The summed E-state index contributed by atoms with van der Waals surface area (Å²) >= 11 is 5.88. The molecule has 0 unspecified atom stereocenters. The Morgan fingerprint density at radius 3 is 2.95 bits per heavy atom. The first-order chi connectivity index (χ1) is 10.3. The predicted molar refractivity (Wildman–Crippen MR) is 78.7 cm³/mol. The van der Waals surface area contributed by atoms with E-state index in [-0.39, 0.29) is 0 Å². The molecule has 0 spiro atoms. The number of fused-ring (bicyclic) bond motifs is 1. The first-order valence-electron chi connectivity index (χ1n) is 6.67. The Hall–Kier alpha value is -2.08. The lowest BCUT2D eigenvalue weighted by atomic mass is 10.3. The van der Waals surface area contributed by atoms with E-state index in [1.165, 1.54) is 6.33 Å². The zero-order valence-corrected chi connectivity index (χ0v) is 12.4. The zero-order valence-electron chi connectivity index (χ0n) is 11.6. The predicted octanol–water partition coefficient (Wildman–Crippen LogP) is 2.45. The number of alkyl halides is 1. The van der Waals surface area contributed by atoms with Gasteiger partial charge >= 0.3 is 0 Å². The van der Waals surface area contributed by atoms with E-state index in [0.717, 1.165) is 22.6 Å². The highest BCUT2D eigenvalue weighted by Gasteiger charge is 2.14. The average Bonchev–Trinajstić information content (AvgIpc) is 3.12. The molecule has 21 heavy (non-hydrogen) atoms. The summed E-state index contributed by atoms with van der Waals surface area (Å²) in [6, 6.07) is 5.88. The minimum absolute atomic E-state index is 0.520. The van der Waals surface area contributed by atoms with E-state index in [9.17, 15) is 0 Å². The van der Waals surface area contributed by atoms with Gasteiger partial charge in [0.2, 0.25) is 5.89 Å². The number of methoxy groups -OCH3 is 1. The summed E-state index contributed by atoms with van der Waals surface area (Å²) in [6.07, 6.45) is 2.76. The third kappa shape index (κ3) is 2.71. The smallest absolute Gasteiger partial charge is 0.228 e. The van der Waals surface area contributed by atoms with Gasteiger partial charge in [-0.3, -0.25) is 0 Å². The van der Waals surface area contributed by atoms with Crippen LogP contribution in [-0.4, -0.2) is 32.7 Å². The second kappa shape index (κ2) is 6.13. The Bertz CT molecular complexity index is 724. The van der Waals surface area contributed by atoms with Gasteiger partial charge in [0, 0.05) is 25.3 Å². The molecule has 3 aromatic rings. The van der Waals surface area contributed by atoms with E-state index in [1.54, 1.807) is 7.11 Å². The van der Waals surface area contributed by atoms with Crippen LogP contribution in [0.25, 0.3) is 11.0 Å². The van der Waals surface area contributed by atoms with E-state index >= 15 is 0 Å². The van der Waals surface area contributed by atoms with Crippen molar-refractivity contribution >= 4 is 22.6 Å². The number of benzene rings is 1. The summed E-state index contributed by atoms with van der Waals surface area (Å²) in [6.45, 7) is 0.706. The van der Waals surface area contributed by atoms with Crippen molar-refractivity contribution in [3.8, 4) is 5.75 Å². The van der Waals surface area contributed by atoms with Crippen molar-refractivity contribution in [2.24, 2.45) is 0 Å². The number of aryl methyl sites for hydroxylation is 3. The largest absolute Gasteiger partial charge is 0.494 e. The zero-order chi connectivity index (χ0) is 14.7. The van der Waals surface area contributed by atoms with Gasteiger partial charge in [0.25, 0.3) is 0 Å². The maximum Gasteiger partial charge on any atom is 0.228 e. The number of hydrogen-bond donors (Lipinski definition) is 0. The van der Waals surface area contributed by atoms with Crippen LogP contribution in [0, 0.1) is 0 Å². The van der Waals surface area contributed by atoms with E-state index in [2.05, 4.69) is 19.7 Å². The fourth-order valence-corrected chi connectivity index (χ4v) is 2.54. The maximum absolute atomic E-state index is 5.88. The third-order valence-electron chi connectivity index (χ3n) is 3.32. The SMILES string of the molecule is COc1cccc2c1nc(CCCl)n2CCc1ncno1. The van der Waals surface area contributed by atoms with E-state index in [0.29, 0.717) is 31.2 Å². The number of ether oxygens (including phenoxy) is 1. The molecule has 0 saturated carbocycles. The van der Waals surface area contributed by atoms with E-state index in [4.69, 9.17) is 20.9 Å². The Kier molecular flexibility index (Phi) is 4.06. The molecule has 0 amide bonds. The van der Waals surface area contributed by atoms with Crippen LogP contribution in [0.3, 0.4) is 0 Å². The van der Waals surface area contributed by atoms with Gasteiger partial charge in [-0.05, 0) is 12.1 Å². The molecule has 7 heteroatoms. The van der Waals surface area contributed by atoms with Crippen LogP contribution in [0.4, 0.5) is 0 Å². The Morgan fingerprint density at radius 2 is 2.24 bits per heavy atom. The van der Waals surface area contributed by atoms with Crippen LogP contribution < -0.4 is 4.74 Å². The lowest BCUT2D eigenvalue weighted by molar-refractivity contribution is 0.371. The molecule has 0 radical (unpaired) electrons. The molecule has 0 N–H and O–H groups in total. The second-order valence-corrected chi connectivity index (χ2v) is 4.91. The molecule has 0 saturated heterocycles. The van der Waals surface area contributed by atoms with Crippen LogP contribution in [0.15, 0.2) is 29.0 Å². The van der Waals surface area contributed by atoms with Crippen LogP contribution in [0.5, 0.6) is 5.75 Å². The lowest BCUT2D eigenvalue weighted by Gasteiger charge is -2.07. The molecule has 0 aliphatic carbocycles. The van der Waals surface area contributed by atoms with Crippen molar-refractivity contribution in [1.29, 1.82) is 0 Å². The molecule has 1 aromatic carbocycles. The summed E-state index contributed by atoms with van der Waals surface area (Å²) in [5.74, 6) is 2.83. The normalized spacial score (nSPS) is 11.1. The van der Waals surface area contributed by atoms with E-state index in [1.807, 2.05) is 18.2 Å². The summed E-state index contributed by atoms with van der Waals surface area (Å²) in [7, 11) is 1.65. The standard InChI is InChI=1S/C14H15ClN4O2/c1-20-11-4-2-3-10-14(11)18-12(5-7-15)19(10)8-6-13-16-9-17-21-13/h2-4,9H,5-8H2,1H3. The molecule has 0 bridgehead atoms. The van der Waals surface area contributed by atoms with Gasteiger partial charge in [0.15, 0.2) is 6.33 Å².